The molecular formula is C20H27N3O2. The molecule has 0 amide bonds. The number of ether oxygens (including phenoxy) is 2. The van der Waals surface area contributed by atoms with Crippen LogP contribution in [0.25, 0.3) is 0 Å². The Labute approximate surface area is 149 Å². The Morgan fingerprint density at radius 3 is 2.48 bits per heavy atom. The number of hydrogen-bond acceptors (Lipinski definition) is 3. The second kappa shape index (κ2) is 8.97. The molecule has 3 N–H and O–H groups in total. The number of benzene rings is 2. The van der Waals surface area contributed by atoms with Crippen molar-refractivity contribution in [2.24, 2.45) is 10.7 Å². The third-order valence-electron chi connectivity index (χ3n) is 4.08. The van der Waals surface area contributed by atoms with Crippen molar-refractivity contribution < 1.29 is 9.47 Å². The smallest absolute Gasteiger partial charge is 0.188 e. The second-order valence-electron chi connectivity index (χ2n) is 6.00. The fourth-order valence-electron chi connectivity index (χ4n) is 2.66. The molecule has 0 aliphatic heterocycles. The first kappa shape index (κ1) is 18.6. The number of nitrogens with two attached hydrogens (primary N) is 1. The van der Waals surface area contributed by atoms with Crippen molar-refractivity contribution in [1.29, 1.82) is 0 Å². The number of guanidine groups is 1. The maximum atomic E-state index is 5.96. The minimum absolute atomic E-state index is 0.444. The Morgan fingerprint density at radius 1 is 1.04 bits per heavy atom. The van der Waals surface area contributed by atoms with Gasteiger partial charge in [-0.25, -0.2) is 4.99 Å². The van der Waals surface area contributed by atoms with Gasteiger partial charge in [0.25, 0.3) is 0 Å². The van der Waals surface area contributed by atoms with Crippen molar-refractivity contribution >= 4 is 5.96 Å². The topological polar surface area (TPSA) is 68.9 Å². The van der Waals surface area contributed by atoms with Gasteiger partial charge in [0, 0.05) is 6.54 Å². The van der Waals surface area contributed by atoms with E-state index < -0.39 is 0 Å². The molecule has 0 fully saturated rings. The van der Waals surface area contributed by atoms with E-state index in [4.69, 9.17) is 15.2 Å². The molecule has 5 nitrogen and oxygen atoms in total. The summed E-state index contributed by atoms with van der Waals surface area (Å²) in [6.07, 6.45) is 0.915. The van der Waals surface area contributed by atoms with Gasteiger partial charge in [0.15, 0.2) is 17.5 Å². The van der Waals surface area contributed by atoms with E-state index in [1.165, 1.54) is 16.7 Å². The minimum atomic E-state index is 0.444. The van der Waals surface area contributed by atoms with Crippen LogP contribution in [-0.4, -0.2) is 26.7 Å². The van der Waals surface area contributed by atoms with Gasteiger partial charge < -0.3 is 20.5 Å². The predicted molar refractivity (Wildman–Crippen MR) is 102 cm³/mol. The van der Waals surface area contributed by atoms with Crippen LogP contribution >= 0.6 is 0 Å². The molecule has 25 heavy (non-hydrogen) atoms. The lowest BCUT2D eigenvalue weighted by Crippen LogP contribution is -2.33. The zero-order valence-electron chi connectivity index (χ0n) is 15.4. The molecule has 0 saturated carbocycles. The zero-order valence-corrected chi connectivity index (χ0v) is 15.4. The van der Waals surface area contributed by atoms with E-state index in [0.717, 1.165) is 18.5 Å². The van der Waals surface area contributed by atoms with E-state index in [0.29, 0.717) is 24.0 Å². The van der Waals surface area contributed by atoms with Crippen LogP contribution in [-0.2, 0) is 13.0 Å². The summed E-state index contributed by atoms with van der Waals surface area (Å²) in [7, 11) is 3.24. The van der Waals surface area contributed by atoms with Gasteiger partial charge in [-0.05, 0) is 49.1 Å². The molecule has 0 aliphatic rings. The van der Waals surface area contributed by atoms with Gasteiger partial charge in [-0.15, -0.1) is 0 Å². The van der Waals surface area contributed by atoms with Crippen LogP contribution in [0.15, 0.2) is 41.4 Å². The summed E-state index contributed by atoms with van der Waals surface area (Å²) in [5.41, 5.74) is 10.9. The van der Waals surface area contributed by atoms with Crippen LogP contribution in [0.3, 0.4) is 0 Å². The lowest BCUT2D eigenvalue weighted by molar-refractivity contribution is 0.354. The van der Waals surface area contributed by atoms with Crippen molar-refractivity contribution in [2.45, 2.75) is 26.8 Å². The molecule has 134 valence electrons. The SMILES string of the molecule is COc1ccc(CN=C(N)NCCc2ccc(C)cc2C)cc1OC. The number of aryl methyl sites for hydroxylation is 2. The molecule has 2 aromatic carbocycles. The molecule has 0 atom stereocenters. The fraction of sp³-hybridized carbons (Fsp3) is 0.350. The Morgan fingerprint density at radius 2 is 1.80 bits per heavy atom. The highest BCUT2D eigenvalue weighted by atomic mass is 16.5. The summed E-state index contributed by atoms with van der Waals surface area (Å²) in [5, 5.41) is 3.17. The molecule has 0 saturated heterocycles. The van der Waals surface area contributed by atoms with Gasteiger partial charge in [0.05, 0.1) is 20.8 Å². The number of aliphatic imine (C=N–C) groups is 1. The number of nitrogens with one attached hydrogen (secondary N) is 1. The summed E-state index contributed by atoms with van der Waals surface area (Å²) < 4.78 is 10.5. The Kier molecular flexibility index (Phi) is 6.69. The minimum Gasteiger partial charge on any atom is -0.493 e. The van der Waals surface area contributed by atoms with Gasteiger partial charge >= 0.3 is 0 Å². The van der Waals surface area contributed by atoms with Crippen molar-refractivity contribution in [1.82, 2.24) is 5.32 Å². The van der Waals surface area contributed by atoms with E-state index in [2.05, 4.69) is 42.4 Å². The molecule has 0 radical (unpaired) electrons. The highest BCUT2D eigenvalue weighted by Gasteiger charge is 2.04. The lowest BCUT2D eigenvalue weighted by Gasteiger charge is -2.10. The average molecular weight is 341 g/mol. The zero-order chi connectivity index (χ0) is 18.2. The molecule has 0 unspecified atom stereocenters. The molecular weight excluding hydrogens is 314 g/mol. The van der Waals surface area contributed by atoms with Crippen LogP contribution in [0.1, 0.15) is 22.3 Å². The van der Waals surface area contributed by atoms with Crippen molar-refractivity contribution in [3.8, 4) is 11.5 Å². The molecule has 0 spiro atoms. The predicted octanol–water partition coefficient (Wildman–Crippen LogP) is 2.97. The molecule has 0 heterocycles. The molecule has 5 heteroatoms. The standard InChI is InChI=1S/C20H27N3O2/c1-14-5-7-17(15(2)11-14)9-10-22-20(21)23-13-16-6-8-18(24-3)19(12-16)25-4/h5-8,11-12H,9-10,13H2,1-4H3,(H3,21,22,23). The molecule has 0 aliphatic carbocycles. The van der Waals surface area contributed by atoms with Gasteiger partial charge in [-0.2, -0.15) is 0 Å². The molecule has 0 bridgehead atoms. The summed E-state index contributed by atoms with van der Waals surface area (Å²) in [5.74, 6) is 1.84. The quantitative estimate of drug-likeness (QED) is 0.600. The van der Waals surface area contributed by atoms with Crippen LogP contribution in [0.2, 0.25) is 0 Å². The Balaban J connectivity index is 1.87. The third-order valence-corrected chi connectivity index (χ3v) is 4.08. The van der Waals surface area contributed by atoms with E-state index in [1.807, 2.05) is 18.2 Å². The summed E-state index contributed by atoms with van der Waals surface area (Å²) in [4.78, 5) is 4.38. The number of rotatable bonds is 7. The van der Waals surface area contributed by atoms with E-state index in [-0.39, 0.29) is 0 Å². The van der Waals surface area contributed by atoms with Crippen molar-refractivity contribution in [3.63, 3.8) is 0 Å². The van der Waals surface area contributed by atoms with Gasteiger partial charge in [0.2, 0.25) is 0 Å². The maximum Gasteiger partial charge on any atom is 0.188 e. The van der Waals surface area contributed by atoms with Crippen molar-refractivity contribution in [2.75, 3.05) is 20.8 Å². The number of methoxy groups -OCH3 is 2. The highest BCUT2D eigenvalue weighted by Crippen LogP contribution is 2.27. The Hall–Kier alpha value is -2.69. The van der Waals surface area contributed by atoms with Crippen molar-refractivity contribution in [3.05, 3.63) is 58.7 Å². The first-order valence-corrected chi connectivity index (χ1v) is 8.34. The van der Waals surface area contributed by atoms with Gasteiger partial charge in [0.1, 0.15) is 0 Å². The summed E-state index contributed by atoms with van der Waals surface area (Å²) in [6.45, 7) is 5.48. The van der Waals surface area contributed by atoms with Gasteiger partial charge in [-0.3, -0.25) is 0 Å². The number of nitrogens with zero attached hydrogens (tertiary/aromatic N) is 1. The second-order valence-corrected chi connectivity index (χ2v) is 6.00. The van der Waals surface area contributed by atoms with E-state index >= 15 is 0 Å². The Bertz CT molecular complexity index is 742. The fourth-order valence-corrected chi connectivity index (χ4v) is 2.66. The monoisotopic (exact) mass is 341 g/mol. The first-order chi connectivity index (χ1) is 12.0. The third kappa shape index (κ3) is 5.41. The molecule has 2 aromatic rings. The van der Waals surface area contributed by atoms with Crippen LogP contribution in [0, 0.1) is 13.8 Å². The normalized spacial score (nSPS) is 11.3. The van der Waals surface area contributed by atoms with E-state index in [1.54, 1.807) is 14.2 Å². The highest BCUT2D eigenvalue weighted by molar-refractivity contribution is 5.77. The average Bonchev–Trinajstić information content (AvgIpc) is 2.61. The van der Waals surface area contributed by atoms with Crippen LogP contribution in [0.5, 0.6) is 11.5 Å². The van der Waals surface area contributed by atoms with Crippen LogP contribution < -0.4 is 20.5 Å². The first-order valence-electron chi connectivity index (χ1n) is 8.34. The van der Waals surface area contributed by atoms with E-state index in [9.17, 15) is 0 Å². The number of hydrogen-bond donors (Lipinski definition) is 2. The lowest BCUT2D eigenvalue weighted by atomic mass is 10.0. The molecule has 0 aromatic heterocycles. The molecule has 2 rings (SSSR count). The largest absolute Gasteiger partial charge is 0.493 e. The van der Waals surface area contributed by atoms with Crippen LogP contribution in [0.4, 0.5) is 0 Å². The maximum absolute atomic E-state index is 5.96. The summed E-state index contributed by atoms with van der Waals surface area (Å²) in [6, 6.07) is 12.2. The van der Waals surface area contributed by atoms with Gasteiger partial charge in [-0.1, -0.05) is 29.8 Å². The summed E-state index contributed by atoms with van der Waals surface area (Å²) >= 11 is 0.